The highest BCUT2D eigenvalue weighted by molar-refractivity contribution is 6.27. The highest BCUT2D eigenvalue weighted by atomic mass is 16.5. The highest BCUT2D eigenvalue weighted by Gasteiger charge is 2.04. The summed E-state index contributed by atoms with van der Waals surface area (Å²) in [7, 11) is 0. The van der Waals surface area contributed by atoms with Crippen molar-refractivity contribution in [1.29, 1.82) is 0 Å². The predicted molar refractivity (Wildman–Crippen MR) is 40.3 cm³/mol. The summed E-state index contributed by atoms with van der Waals surface area (Å²) >= 11 is 0. The number of ether oxygens (including phenoxy) is 1. The highest BCUT2D eigenvalue weighted by Crippen LogP contribution is 1.68. The average Bonchev–Trinajstić information content (AvgIpc) is 2.06. The third kappa shape index (κ3) is 18.1. The molecule has 0 atom stereocenters. The van der Waals surface area contributed by atoms with Gasteiger partial charge in [-0.15, -0.1) is 0 Å². The Morgan fingerprint density at radius 2 is 1.23 bits per heavy atom. The number of hydrogen-bond acceptors (Lipinski definition) is 5. The lowest BCUT2D eigenvalue weighted by Gasteiger charge is -1.94. The van der Waals surface area contributed by atoms with Crippen molar-refractivity contribution in [2.45, 2.75) is 0 Å². The molecule has 0 aliphatic heterocycles. The number of aliphatic hydroxyl groups excluding tert-OH is 2. The summed E-state index contributed by atoms with van der Waals surface area (Å²) in [6.45, 7) is 0.696. The van der Waals surface area contributed by atoms with Crippen LogP contribution in [0.15, 0.2) is 0 Å². The molecule has 7 heteroatoms. The van der Waals surface area contributed by atoms with E-state index in [2.05, 4.69) is 4.74 Å². The standard InChI is InChI=1S/C4H10O3.C2H2O4/c5-1-3-7-4-2-6;3-1(4)2(5)6/h5-6H,1-4H2;(H,3,4)(H,5,6). The maximum atomic E-state index is 9.10. The van der Waals surface area contributed by atoms with E-state index >= 15 is 0 Å². The molecule has 0 saturated heterocycles. The molecule has 0 unspecified atom stereocenters. The number of carbonyl (C=O) groups is 2. The molecule has 0 rings (SSSR count). The number of carboxylic acids is 2. The minimum absolute atomic E-state index is 0.0278. The number of carboxylic acid groups (broad SMARTS) is 2. The SMILES string of the molecule is O=C(O)C(=O)O.OCCOCCO. The Morgan fingerprint density at radius 3 is 1.38 bits per heavy atom. The average molecular weight is 196 g/mol. The van der Waals surface area contributed by atoms with Crippen molar-refractivity contribution in [2.24, 2.45) is 0 Å². The van der Waals surface area contributed by atoms with Crippen molar-refractivity contribution in [1.82, 2.24) is 0 Å². The maximum absolute atomic E-state index is 9.10. The van der Waals surface area contributed by atoms with Gasteiger partial charge in [0.25, 0.3) is 0 Å². The molecule has 0 aromatic rings. The molecule has 0 radical (unpaired) electrons. The first-order valence-electron chi connectivity index (χ1n) is 3.32. The Labute approximate surface area is 74.2 Å². The molecule has 0 amide bonds. The van der Waals surface area contributed by atoms with Crippen LogP contribution in [0.5, 0.6) is 0 Å². The zero-order valence-electron chi connectivity index (χ0n) is 6.84. The van der Waals surface area contributed by atoms with Crippen LogP contribution in [-0.2, 0) is 14.3 Å². The fourth-order valence-electron chi connectivity index (χ4n) is 0.231. The molecule has 0 heterocycles. The van der Waals surface area contributed by atoms with Crippen molar-refractivity contribution in [3.8, 4) is 0 Å². The smallest absolute Gasteiger partial charge is 0.414 e. The number of aliphatic carboxylic acids is 2. The first-order chi connectivity index (χ1) is 6.06. The first kappa shape index (κ1) is 14.3. The second-order valence-corrected chi connectivity index (χ2v) is 1.67. The van der Waals surface area contributed by atoms with Gasteiger partial charge in [0.05, 0.1) is 26.4 Å². The predicted octanol–water partition coefficient (Wildman–Crippen LogP) is -1.86. The van der Waals surface area contributed by atoms with Gasteiger partial charge in [-0.25, -0.2) is 9.59 Å². The summed E-state index contributed by atoms with van der Waals surface area (Å²) in [5, 5.41) is 31.0. The topological polar surface area (TPSA) is 124 Å². The normalized spacial score (nSPS) is 8.46. The zero-order chi connectivity index (χ0) is 10.7. The summed E-state index contributed by atoms with van der Waals surface area (Å²) in [5.74, 6) is -3.65. The fourth-order valence-corrected chi connectivity index (χ4v) is 0.231. The van der Waals surface area contributed by atoms with Crippen molar-refractivity contribution < 1.29 is 34.8 Å². The van der Waals surface area contributed by atoms with Crippen molar-refractivity contribution >= 4 is 11.9 Å². The Hall–Kier alpha value is -1.18. The van der Waals surface area contributed by atoms with E-state index in [1.54, 1.807) is 0 Å². The molecule has 7 nitrogen and oxygen atoms in total. The third-order valence-corrected chi connectivity index (χ3v) is 0.654. The van der Waals surface area contributed by atoms with Gasteiger partial charge < -0.3 is 25.2 Å². The number of aliphatic hydroxyl groups is 2. The van der Waals surface area contributed by atoms with E-state index in [4.69, 9.17) is 30.0 Å². The molecule has 4 N–H and O–H groups in total. The van der Waals surface area contributed by atoms with Crippen LogP contribution < -0.4 is 0 Å². The van der Waals surface area contributed by atoms with Gasteiger partial charge in [-0.3, -0.25) is 0 Å². The van der Waals surface area contributed by atoms with Gasteiger partial charge in [-0.2, -0.15) is 0 Å². The first-order valence-corrected chi connectivity index (χ1v) is 3.32. The van der Waals surface area contributed by atoms with Crippen LogP contribution in [0.2, 0.25) is 0 Å². The Bertz CT molecular complexity index is 128. The molecular weight excluding hydrogens is 184 g/mol. The van der Waals surface area contributed by atoms with Gasteiger partial charge in [0.1, 0.15) is 0 Å². The van der Waals surface area contributed by atoms with Crippen molar-refractivity contribution in [3.05, 3.63) is 0 Å². The number of hydrogen-bond donors (Lipinski definition) is 4. The largest absolute Gasteiger partial charge is 0.473 e. The minimum Gasteiger partial charge on any atom is -0.473 e. The van der Waals surface area contributed by atoms with Crippen LogP contribution in [0.25, 0.3) is 0 Å². The van der Waals surface area contributed by atoms with E-state index < -0.39 is 11.9 Å². The molecule has 78 valence electrons. The van der Waals surface area contributed by atoms with Gasteiger partial charge >= 0.3 is 11.9 Å². The maximum Gasteiger partial charge on any atom is 0.414 e. The molecule has 13 heavy (non-hydrogen) atoms. The fraction of sp³-hybridized carbons (Fsp3) is 0.667. The monoisotopic (exact) mass is 196 g/mol. The van der Waals surface area contributed by atoms with Crippen LogP contribution in [-0.4, -0.2) is 58.8 Å². The van der Waals surface area contributed by atoms with Gasteiger partial charge in [-0.05, 0) is 0 Å². The summed E-state index contributed by atoms with van der Waals surface area (Å²) in [4.78, 5) is 18.2. The summed E-state index contributed by atoms with van der Waals surface area (Å²) in [5.41, 5.74) is 0. The van der Waals surface area contributed by atoms with Crippen LogP contribution in [0.4, 0.5) is 0 Å². The van der Waals surface area contributed by atoms with Crippen LogP contribution in [0, 0.1) is 0 Å². The van der Waals surface area contributed by atoms with E-state index in [1.807, 2.05) is 0 Å². The van der Waals surface area contributed by atoms with Crippen LogP contribution in [0.3, 0.4) is 0 Å². The third-order valence-electron chi connectivity index (χ3n) is 0.654. The lowest BCUT2D eigenvalue weighted by Crippen LogP contribution is -2.09. The number of rotatable bonds is 4. The Kier molecular flexibility index (Phi) is 11.9. The molecule has 0 aliphatic rings. The summed E-state index contributed by atoms with van der Waals surface area (Å²) in [6.07, 6.45) is 0. The molecule has 0 aliphatic carbocycles. The van der Waals surface area contributed by atoms with Gasteiger partial charge in [0.2, 0.25) is 0 Å². The van der Waals surface area contributed by atoms with E-state index in [9.17, 15) is 0 Å². The van der Waals surface area contributed by atoms with Crippen molar-refractivity contribution in [2.75, 3.05) is 26.4 Å². The van der Waals surface area contributed by atoms with Gasteiger partial charge in [0.15, 0.2) is 0 Å². The molecule has 0 saturated carbocycles. The zero-order valence-corrected chi connectivity index (χ0v) is 6.84. The Balaban J connectivity index is 0. The molecule has 0 fully saturated rings. The van der Waals surface area contributed by atoms with Crippen LogP contribution in [0.1, 0.15) is 0 Å². The summed E-state index contributed by atoms with van der Waals surface area (Å²) in [6, 6.07) is 0. The van der Waals surface area contributed by atoms with E-state index in [-0.39, 0.29) is 13.2 Å². The van der Waals surface area contributed by atoms with E-state index in [1.165, 1.54) is 0 Å². The molecule has 0 aromatic carbocycles. The lowest BCUT2D eigenvalue weighted by atomic mass is 10.7. The molecule has 0 bridgehead atoms. The lowest BCUT2D eigenvalue weighted by molar-refractivity contribution is -0.159. The van der Waals surface area contributed by atoms with E-state index in [0.717, 1.165) is 0 Å². The second kappa shape index (κ2) is 10.8. The van der Waals surface area contributed by atoms with E-state index in [0.29, 0.717) is 13.2 Å². The quantitative estimate of drug-likeness (QED) is 0.307. The van der Waals surface area contributed by atoms with Gasteiger partial charge in [0, 0.05) is 0 Å². The molecule has 0 aromatic heterocycles. The molecular formula is C6H12O7. The summed E-state index contributed by atoms with van der Waals surface area (Å²) < 4.78 is 4.63. The van der Waals surface area contributed by atoms with Crippen LogP contribution >= 0.6 is 0 Å². The van der Waals surface area contributed by atoms with Gasteiger partial charge in [-0.1, -0.05) is 0 Å². The van der Waals surface area contributed by atoms with Crippen molar-refractivity contribution in [3.63, 3.8) is 0 Å². The minimum atomic E-state index is -1.82. The Morgan fingerprint density at radius 1 is 0.923 bits per heavy atom. The molecule has 0 spiro atoms. The second-order valence-electron chi connectivity index (χ2n) is 1.67.